The quantitative estimate of drug-likeness (QED) is 0.308. The molecule has 4 rings (SSSR count). The van der Waals surface area contributed by atoms with Crippen LogP contribution in [0.15, 0.2) is 65.6 Å². The number of ether oxygens (including phenoxy) is 1. The molecule has 0 spiro atoms. The van der Waals surface area contributed by atoms with Gasteiger partial charge in [0, 0.05) is 4.88 Å². The predicted molar refractivity (Wildman–Crippen MR) is 129 cm³/mol. The Kier molecular flexibility index (Phi) is 5.76. The van der Waals surface area contributed by atoms with Gasteiger partial charge in [-0.3, -0.25) is 14.5 Å². The summed E-state index contributed by atoms with van der Waals surface area (Å²) in [7, 11) is 1.49. The highest BCUT2D eigenvalue weighted by Crippen LogP contribution is 2.46. The van der Waals surface area contributed by atoms with Gasteiger partial charge in [-0.05, 0) is 46.7 Å². The predicted octanol–water partition coefficient (Wildman–Crippen LogP) is 5.39. The van der Waals surface area contributed by atoms with E-state index < -0.39 is 17.7 Å². The number of phenolic OH excluding ortho intramolecular Hbond substituents is 1. The number of nitrogens with zero attached hydrogens (tertiary/aromatic N) is 1. The molecule has 1 unspecified atom stereocenters. The Balaban J connectivity index is 1.99. The van der Waals surface area contributed by atoms with E-state index in [1.807, 2.05) is 38.3 Å². The second-order valence-corrected chi connectivity index (χ2v) is 9.82. The summed E-state index contributed by atoms with van der Waals surface area (Å²) in [6, 6.07) is 14.5. The number of Topliss-reactive ketones (excluding diaryl/α,β-unsaturated/α-hetero) is 1. The molecular weight excluding hydrogens is 438 g/mol. The highest BCUT2D eigenvalue weighted by atomic mass is 32.1. The Hall–Kier alpha value is -3.58. The lowest BCUT2D eigenvalue weighted by atomic mass is 9.85. The lowest BCUT2D eigenvalue weighted by Crippen LogP contribution is -2.29. The molecule has 0 bridgehead atoms. The summed E-state index contributed by atoms with van der Waals surface area (Å²) < 4.78 is 5.47. The molecule has 170 valence electrons. The number of amides is 1. The topological polar surface area (TPSA) is 87.1 Å². The highest BCUT2D eigenvalue weighted by molar-refractivity contribution is 7.10. The van der Waals surface area contributed by atoms with Crippen LogP contribution in [-0.2, 0) is 15.0 Å². The van der Waals surface area contributed by atoms with E-state index in [4.69, 9.17) is 4.74 Å². The monoisotopic (exact) mass is 463 g/mol. The number of ketones is 1. The van der Waals surface area contributed by atoms with Gasteiger partial charge in [-0.25, -0.2) is 0 Å². The summed E-state index contributed by atoms with van der Waals surface area (Å²) in [6.07, 6.45) is 0. The zero-order valence-electron chi connectivity index (χ0n) is 18.8. The van der Waals surface area contributed by atoms with Gasteiger partial charge in [-0.2, -0.15) is 0 Å². The van der Waals surface area contributed by atoms with Crippen molar-refractivity contribution in [3.8, 4) is 11.5 Å². The van der Waals surface area contributed by atoms with Crippen LogP contribution in [0, 0.1) is 0 Å². The van der Waals surface area contributed by atoms with Gasteiger partial charge in [-0.1, -0.05) is 45.0 Å². The average Bonchev–Trinajstić information content (AvgIpc) is 3.40. The fourth-order valence-electron chi connectivity index (χ4n) is 3.97. The van der Waals surface area contributed by atoms with Crippen molar-refractivity contribution in [3.05, 3.63) is 81.6 Å². The van der Waals surface area contributed by atoms with Crippen molar-refractivity contribution in [2.24, 2.45) is 0 Å². The second kappa shape index (κ2) is 8.41. The van der Waals surface area contributed by atoms with Crippen molar-refractivity contribution >= 4 is 34.5 Å². The van der Waals surface area contributed by atoms with E-state index in [9.17, 15) is 19.8 Å². The molecule has 2 heterocycles. The normalized spacial score (nSPS) is 18.1. The molecule has 1 amide bonds. The Morgan fingerprint density at radius 3 is 2.39 bits per heavy atom. The number of para-hydroxylation sites is 2. The molecule has 0 aliphatic carbocycles. The van der Waals surface area contributed by atoms with Crippen LogP contribution in [-0.4, -0.2) is 29.0 Å². The standard InChI is InChI=1S/C26H25NO5S/c1-26(2,3)15-11-12-19(32-4)16(14-15)23(29)21-22(20-10-7-13-33-20)27(25(31)24(21)30)17-8-5-6-9-18(17)28/h5-14,22,28-29H,1-4H3/b23-21+. The Morgan fingerprint density at radius 1 is 1.06 bits per heavy atom. The number of methoxy groups -OCH3 is 1. The van der Waals surface area contributed by atoms with E-state index in [-0.39, 0.29) is 28.2 Å². The number of carbonyl (C=O) groups excluding carboxylic acids is 2. The third-order valence-electron chi connectivity index (χ3n) is 5.72. The Bertz CT molecular complexity index is 1250. The van der Waals surface area contributed by atoms with E-state index in [2.05, 4.69) is 0 Å². The fraction of sp³-hybridized carbons (Fsp3) is 0.231. The maximum Gasteiger partial charge on any atom is 0.300 e. The largest absolute Gasteiger partial charge is 0.507 e. The summed E-state index contributed by atoms with van der Waals surface area (Å²) in [5.41, 5.74) is 1.22. The van der Waals surface area contributed by atoms with Gasteiger partial charge in [0.2, 0.25) is 0 Å². The SMILES string of the molecule is COc1ccc(C(C)(C)C)cc1/C(O)=C1\C(=O)C(=O)N(c2ccccc2O)C1c1cccs1. The molecule has 0 saturated carbocycles. The van der Waals surface area contributed by atoms with Crippen molar-refractivity contribution in [2.45, 2.75) is 32.2 Å². The summed E-state index contributed by atoms with van der Waals surface area (Å²) in [5, 5.41) is 23.7. The molecule has 0 radical (unpaired) electrons. The number of aliphatic hydroxyl groups excluding tert-OH is 1. The molecule has 2 aromatic carbocycles. The van der Waals surface area contributed by atoms with Crippen LogP contribution in [0.25, 0.3) is 5.76 Å². The lowest BCUT2D eigenvalue weighted by Gasteiger charge is -2.25. The minimum absolute atomic E-state index is 0.0462. The molecule has 1 aliphatic rings. The number of anilines is 1. The number of thiophene rings is 1. The number of benzene rings is 2. The zero-order valence-corrected chi connectivity index (χ0v) is 19.6. The van der Waals surface area contributed by atoms with Crippen LogP contribution < -0.4 is 9.64 Å². The number of hydrogen-bond donors (Lipinski definition) is 2. The minimum Gasteiger partial charge on any atom is -0.507 e. The van der Waals surface area contributed by atoms with Crippen LogP contribution in [0.1, 0.15) is 42.8 Å². The first-order valence-corrected chi connectivity index (χ1v) is 11.3. The van der Waals surface area contributed by atoms with Crippen LogP contribution in [0.3, 0.4) is 0 Å². The van der Waals surface area contributed by atoms with Crippen molar-refractivity contribution in [1.29, 1.82) is 0 Å². The fourth-order valence-corrected chi connectivity index (χ4v) is 4.79. The molecule has 1 aliphatic heterocycles. The number of rotatable bonds is 4. The van der Waals surface area contributed by atoms with E-state index in [1.54, 1.807) is 36.4 Å². The van der Waals surface area contributed by atoms with Crippen LogP contribution in [0.2, 0.25) is 0 Å². The maximum atomic E-state index is 13.3. The maximum absolute atomic E-state index is 13.3. The second-order valence-electron chi connectivity index (χ2n) is 8.84. The summed E-state index contributed by atoms with van der Waals surface area (Å²) in [6.45, 7) is 6.13. The molecule has 1 atom stereocenters. The number of hydrogen-bond acceptors (Lipinski definition) is 6. The third-order valence-corrected chi connectivity index (χ3v) is 6.64. The Labute approximate surface area is 196 Å². The number of aliphatic hydroxyl groups is 1. The molecular formula is C26H25NO5S. The van der Waals surface area contributed by atoms with Crippen molar-refractivity contribution < 1.29 is 24.5 Å². The molecule has 3 aromatic rings. The van der Waals surface area contributed by atoms with Crippen molar-refractivity contribution in [1.82, 2.24) is 0 Å². The molecule has 33 heavy (non-hydrogen) atoms. The number of aromatic hydroxyl groups is 1. The Morgan fingerprint density at radius 2 is 1.79 bits per heavy atom. The van der Waals surface area contributed by atoms with Gasteiger partial charge in [0.25, 0.3) is 11.7 Å². The number of carbonyl (C=O) groups is 2. The van der Waals surface area contributed by atoms with Crippen LogP contribution in [0.4, 0.5) is 5.69 Å². The molecule has 2 N–H and O–H groups in total. The van der Waals surface area contributed by atoms with Crippen LogP contribution >= 0.6 is 11.3 Å². The summed E-state index contributed by atoms with van der Waals surface area (Å²) >= 11 is 1.36. The number of phenols is 1. The molecule has 1 fully saturated rings. The molecule has 1 aromatic heterocycles. The van der Waals surface area contributed by atoms with E-state index in [0.29, 0.717) is 16.2 Å². The zero-order chi connectivity index (χ0) is 23.9. The summed E-state index contributed by atoms with van der Waals surface area (Å²) in [5.74, 6) is -1.69. The first-order valence-electron chi connectivity index (χ1n) is 10.5. The van der Waals surface area contributed by atoms with E-state index >= 15 is 0 Å². The van der Waals surface area contributed by atoms with Gasteiger partial charge < -0.3 is 14.9 Å². The van der Waals surface area contributed by atoms with E-state index in [1.165, 1.54) is 29.4 Å². The minimum atomic E-state index is -0.888. The summed E-state index contributed by atoms with van der Waals surface area (Å²) in [4.78, 5) is 28.4. The smallest absolute Gasteiger partial charge is 0.300 e. The third kappa shape index (κ3) is 3.89. The first-order chi connectivity index (χ1) is 15.6. The van der Waals surface area contributed by atoms with E-state index in [0.717, 1.165) is 5.56 Å². The van der Waals surface area contributed by atoms with Gasteiger partial charge in [0.05, 0.1) is 23.9 Å². The van der Waals surface area contributed by atoms with Gasteiger partial charge in [-0.15, -0.1) is 11.3 Å². The van der Waals surface area contributed by atoms with Gasteiger partial charge in [0.1, 0.15) is 23.3 Å². The van der Waals surface area contributed by atoms with Crippen LogP contribution in [0.5, 0.6) is 11.5 Å². The van der Waals surface area contributed by atoms with Crippen molar-refractivity contribution in [3.63, 3.8) is 0 Å². The average molecular weight is 464 g/mol. The highest BCUT2D eigenvalue weighted by Gasteiger charge is 2.48. The van der Waals surface area contributed by atoms with Crippen molar-refractivity contribution in [2.75, 3.05) is 12.0 Å². The molecule has 6 nitrogen and oxygen atoms in total. The lowest BCUT2D eigenvalue weighted by molar-refractivity contribution is -0.132. The first kappa shape index (κ1) is 22.6. The van der Waals surface area contributed by atoms with Gasteiger partial charge in [0.15, 0.2) is 0 Å². The molecule has 7 heteroatoms. The van der Waals surface area contributed by atoms with Gasteiger partial charge >= 0.3 is 0 Å². The molecule has 1 saturated heterocycles.